The van der Waals surface area contributed by atoms with Crippen LogP contribution in [-0.4, -0.2) is 32.8 Å². The number of sulfonamides is 1. The smallest absolute Gasteiger partial charge is 0.324 e. The van der Waals surface area contributed by atoms with Crippen LogP contribution < -0.4 is 13.8 Å². The molecule has 9 heteroatoms. The predicted octanol–water partition coefficient (Wildman–Crippen LogP) is 2.46. The van der Waals surface area contributed by atoms with Crippen LogP contribution in [0.1, 0.15) is 0 Å². The summed E-state index contributed by atoms with van der Waals surface area (Å²) in [6, 6.07) is 10.4. The molecule has 126 valence electrons. The Morgan fingerprint density at radius 3 is 2.46 bits per heavy atom. The molecule has 0 saturated heterocycles. The van der Waals surface area contributed by atoms with Crippen molar-refractivity contribution in [3.8, 4) is 11.5 Å². The van der Waals surface area contributed by atoms with Crippen LogP contribution in [0.25, 0.3) is 0 Å². The molecule has 0 radical (unpaired) electrons. The van der Waals surface area contributed by atoms with Gasteiger partial charge in [-0.05, 0) is 36.4 Å². The van der Waals surface area contributed by atoms with E-state index in [0.29, 0.717) is 16.0 Å². The average molecular weight is 414 g/mol. The molecular formula is C15H12BrNO6S. The van der Waals surface area contributed by atoms with Crippen molar-refractivity contribution in [1.82, 2.24) is 0 Å². The molecule has 7 nitrogen and oxygen atoms in total. The van der Waals surface area contributed by atoms with Crippen molar-refractivity contribution in [1.29, 1.82) is 0 Å². The molecule has 0 spiro atoms. The highest BCUT2D eigenvalue weighted by molar-refractivity contribution is 9.10. The van der Waals surface area contributed by atoms with Crippen molar-refractivity contribution in [2.45, 2.75) is 4.90 Å². The number of anilines is 1. The molecule has 2 aromatic rings. The minimum Gasteiger partial charge on any atom is -0.480 e. The van der Waals surface area contributed by atoms with Gasteiger partial charge in [0.15, 0.2) is 11.5 Å². The molecule has 1 N–H and O–H groups in total. The highest BCUT2D eigenvalue weighted by atomic mass is 79.9. The summed E-state index contributed by atoms with van der Waals surface area (Å²) in [6.45, 7) is -0.671. The second kappa shape index (κ2) is 6.33. The molecule has 2 aromatic carbocycles. The van der Waals surface area contributed by atoms with E-state index in [4.69, 9.17) is 14.6 Å². The normalized spacial score (nSPS) is 12.9. The van der Waals surface area contributed by atoms with E-state index in [1.807, 2.05) is 0 Å². The second-order valence-corrected chi connectivity index (χ2v) is 7.67. The van der Waals surface area contributed by atoms with Crippen molar-refractivity contribution in [3.63, 3.8) is 0 Å². The maximum atomic E-state index is 12.9. The second-order valence-electron chi connectivity index (χ2n) is 4.90. The number of carbonyl (C=O) groups is 1. The van der Waals surface area contributed by atoms with Gasteiger partial charge >= 0.3 is 5.97 Å². The quantitative estimate of drug-likeness (QED) is 0.808. The van der Waals surface area contributed by atoms with Crippen LogP contribution in [0.2, 0.25) is 0 Å². The number of fused-ring (bicyclic) bond motifs is 1. The number of halogens is 1. The van der Waals surface area contributed by atoms with Gasteiger partial charge in [-0.3, -0.25) is 9.10 Å². The highest BCUT2D eigenvalue weighted by Gasteiger charge is 2.28. The Bertz CT molecular complexity index is 881. The van der Waals surface area contributed by atoms with Crippen LogP contribution in [-0.2, 0) is 14.8 Å². The fourth-order valence-corrected chi connectivity index (χ4v) is 3.88. The van der Waals surface area contributed by atoms with Crippen LogP contribution in [0.5, 0.6) is 11.5 Å². The van der Waals surface area contributed by atoms with Crippen LogP contribution in [0.15, 0.2) is 51.8 Å². The van der Waals surface area contributed by atoms with Crippen molar-refractivity contribution >= 4 is 37.6 Å². The first-order valence-electron chi connectivity index (χ1n) is 6.78. The summed E-state index contributed by atoms with van der Waals surface area (Å²) in [5.74, 6) is -0.419. The minimum absolute atomic E-state index is 0.00961. The van der Waals surface area contributed by atoms with Gasteiger partial charge in [0, 0.05) is 10.5 Å². The number of carboxylic acid groups (broad SMARTS) is 1. The van der Waals surface area contributed by atoms with Gasteiger partial charge in [0.2, 0.25) is 6.79 Å². The van der Waals surface area contributed by atoms with E-state index in [1.165, 1.54) is 24.3 Å². The lowest BCUT2D eigenvalue weighted by molar-refractivity contribution is -0.135. The third-order valence-corrected chi connectivity index (χ3v) is 5.64. The number of rotatable bonds is 5. The van der Waals surface area contributed by atoms with Gasteiger partial charge in [-0.15, -0.1) is 0 Å². The molecule has 0 aromatic heterocycles. The molecule has 0 aliphatic carbocycles. The van der Waals surface area contributed by atoms with E-state index >= 15 is 0 Å². The summed E-state index contributed by atoms with van der Waals surface area (Å²) in [4.78, 5) is 11.2. The van der Waals surface area contributed by atoms with E-state index in [0.717, 1.165) is 4.31 Å². The lowest BCUT2D eigenvalue weighted by Gasteiger charge is -2.23. The van der Waals surface area contributed by atoms with E-state index in [9.17, 15) is 13.2 Å². The number of hydrogen-bond acceptors (Lipinski definition) is 5. The first kappa shape index (κ1) is 16.6. The molecule has 0 atom stereocenters. The maximum absolute atomic E-state index is 12.9. The van der Waals surface area contributed by atoms with E-state index < -0.39 is 22.5 Å². The largest absolute Gasteiger partial charge is 0.480 e. The molecule has 24 heavy (non-hydrogen) atoms. The summed E-state index contributed by atoms with van der Waals surface area (Å²) < 4.78 is 37.7. The molecule has 1 heterocycles. The fraction of sp³-hybridized carbons (Fsp3) is 0.133. The number of benzene rings is 2. The predicted molar refractivity (Wildman–Crippen MR) is 88.9 cm³/mol. The Hall–Kier alpha value is -2.26. The third-order valence-electron chi connectivity index (χ3n) is 3.32. The van der Waals surface area contributed by atoms with Gasteiger partial charge in [-0.2, -0.15) is 0 Å². The minimum atomic E-state index is -4.05. The van der Waals surface area contributed by atoms with Gasteiger partial charge in [0.25, 0.3) is 10.0 Å². The summed E-state index contributed by atoms with van der Waals surface area (Å²) in [5.41, 5.74) is 0.185. The highest BCUT2D eigenvalue weighted by Crippen LogP contribution is 2.37. The number of hydrogen-bond donors (Lipinski definition) is 1. The van der Waals surface area contributed by atoms with Gasteiger partial charge in [0.05, 0.1) is 10.6 Å². The molecule has 3 rings (SSSR count). The summed E-state index contributed by atoms with van der Waals surface area (Å²) in [5, 5.41) is 9.12. The summed E-state index contributed by atoms with van der Waals surface area (Å²) in [7, 11) is -4.05. The van der Waals surface area contributed by atoms with Gasteiger partial charge in [-0.25, -0.2) is 8.42 Å². The average Bonchev–Trinajstić information content (AvgIpc) is 3.00. The van der Waals surface area contributed by atoms with Crippen LogP contribution in [0, 0.1) is 0 Å². The maximum Gasteiger partial charge on any atom is 0.324 e. The molecule has 1 aliphatic heterocycles. The Balaban J connectivity index is 2.06. The van der Waals surface area contributed by atoms with Crippen LogP contribution in [0.4, 0.5) is 5.69 Å². The van der Waals surface area contributed by atoms with E-state index in [2.05, 4.69) is 15.9 Å². The molecule has 0 unspecified atom stereocenters. The zero-order chi connectivity index (χ0) is 17.3. The summed E-state index contributed by atoms with van der Waals surface area (Å²) >= 11 is 3.24. The lowest BCUT2D eigenvalue weighted by atomic mass is 10.3. The topological polar surface area (TPSA) is 93.1 Å². The fourth-order valence-electron chi connectivity index (χ4n) is 2.21. The van der Waals surface area contributed by atoms with Crippen LogP contribution in [0.3, 0.4) is 0 Å². The van der Waals surface area contributed by atoms with Crippen molar-refractivity contribution in [2.75, 3.05) is 17.6 Å². The first-order chi connectivity index (χ1) is 11.4. The van der Waals surface area contributed by atoms with Crippen molar-refractivity contribution in [2.24, 2.45) is 0 Å². The molecule has 0 amide bonds. The monoisotopic (exact) mass is 413 g/mol. The van der Waals surface area contributed by atoms with Gasteiger partial charge in [0.1, 0.15) is 6.54 Å². The number of nitrogens with zero attached hydrogens (tertiary/aromatic N) is 1. The molecular weight excluding hydrogens is 402 g/mol. The number of ether oxygens (including phenoxy) is 2. The molecule has 0 saturated carbocycles. The van der Waals surface area contributed by atoms with Crippen molar-refractivity contribution < 1.29 is 27.8 Å². The standard InChI is InChI=1S/C15H12BrNO6S/c16-10-1-4-12(5-2-10)24(20,21)17(8-15(18)19)11-3-6-13-14(7-11)23-9-22-13/h1-7H,8-9H2,(H,18,19). The van der Waals surface area contributed by atoms with Crippen LogP contribution >= 0.6 is 15.9 Å². The molecule has 0 bridgehead atoms. The van der Waals surface area contributed by atoms with E-state index in [-0.39, 0.29) is 17.4 Å². The number of aliphatic carboxylic acids is 1. The van der Waals surface area contributed by atoms with Gasteiger partial charge in [-0.1, -0.05) is 15.9 Å². The van der Waals surface area contributed by atoms with Gasteiger partial charge < -0.3 is 14.6 Å². The number of carboxylic acids is 1. The zero-order valence-corrected chi connectivity index (χ0v) is 14.6. The lowest BCUT2D eigenvalue weighted by Crippen LogP contribution is -2.35. The molecule has 0 fully saturated rings. The zero-order valence-electron chi connectivity index (χ0n) is 12.2. The third kappa shape index (κ3) is 3.17. The Morgan fingerprint density at radius 2 is 1.79 bits per heavy atom. The SMILES string of the molecule is O=C(O)CN(c1ccc2c(c1)OCO2)S(=O)(=O)c1ccc(Br)cc1. The first-order valence-corrected chi connectivity index (χ1v) is 9.01. The van der Waals surface area contributed by atoms with Crippen molar-refractivity contribution in [3.05, 3.63) is 46.9 Å². The Kier molecular flexibility index (Phi) is 4.37. The Morgan fingerprint density at radius 1 is 1.12 bits per heavy atom. The van der Waals surface area contributed by atoms with E-state index in [1.54, 1.807) is 18.2 Å². The Labute approximate surface area is 146 Å². The summed E-state index contributed by atoms with van der Waals surface area (Å²) in [6.07, 6.45) is 0. The molecule has 1 aliphatic rings.